The van der Waals surface area contributed by atoms with Crippen molar-refractivity contribution in [3.05, 3.63) is 23.2 Å². The van der Waals surface area contributed by atoms with E-state index in [-0.39, 0.29) is 47.8 Å². The third-order valence-electron chi connectivity index (χ3n) is 5.52. The van der Waals surface area contributed by atoms with E-state index in [1.807, 2.05) is 0 Å². The Hall–Kier alpha value is -1.55. The molecular formula is C18H21NO3. The maximum absolute atomic E-state index is 12.9. The van der Waals surface area contributed by atoms with Gasteiger partial charge in [-0.25, -0.2) is 0 Å². The fourth-order valence-corrected chi connectivity index (χ4v) is 4.55. The van der Waals surface area contributed by atoms with Crippen LogP contribution in [0.5, 0.6) is 11.5 Å². The number of hydrogen-bond acceptors (Lipinski definition) is 4. The molecule has 0 aromatic heterocycles. The summed E-state index contributed by atoms with van der Waals surface area (Å²) >= 11 is 0. The molecule has 1 aromatic rings. The Morgan fingerprint density at radius 2 is 2.45 bits per heavy atom. The predicted molar refractivity (Wildman–Crippen MR) is 81.6 cm³/mol. The van der Waals surface area contributed by atoms with Crippen LogP contribution in [0.3, 0.4) is 0 Å². The van der Waals surface area contributed by atoms with Crippen molar-refractivity contribution in [1.29, 1.82) is 0 Å². The Bertz CT molecular complexity index is 954. The molecule has 4 heteroatoms. The Morgan fingerprint density at radius 1 is 1.59 bits per heavy atom. The molecule has 2 aliphatic heterocycles. The van der Waals surface area contributed by atoms with Crippen LogP contribution in [0, 0.1) is 5.89 Å². The lowest BCUT2D eigenvalue weighted by Gasteiger charge is -2.57. The molecule has 1 saturated heterocycles. The van der Waals surface area contributed by atoms with Crippen LogP contribution in [0.4, 0.5) is 0 Å². The molecule has 2 aliphatic carbocycles. The standard InChI is InChI=1S/C18H21NO3/c1-19-8-7-18-11-4-5-13(20)17(18)22-16-14(21-2)6-3-10(15(16)18)9-12(11)19/h3,6,11-12,17H,4-5,7-9H2,1-2H3/t11-,12+,17?,18-/m0/s1/i3D,6D,9D2,11D,12D. The van der Waals surface area contributed by atoms with Gasteiger partial charge in [0, 0.05) is 28.9 Å². The zero-order valence-electron chi connectivity index (χ0n) is 18.6. The van der Waals surface area contributed by atoms with Gasteiger partial charge in [0.2, 0.25) is 0 Å². The summed E-state index contributed by atoms with van der Waals surface area (Å²) in [6.45, 7) is 0.327. The highest BCUT2D eigenvalue weighted by atomic mass is 16.5. The number of nitrogens with zero attached hydrogens (tertiary/aromatic N) is 1. The van der Waals surface area contributed by atoms with Gasteiger partial charge in [-0.2, -0.15) is 0 Å². The van der Waals surface area contributed by atoms with Gasteiger partial charge in [0.15, 0.2) is 23.4 Å². The van der Waals surface area contributed by atoms with Crippen LogP contribution in [-0.4, -0.2) is 43.5 Å². The molecule has 4 atom stereocenters. The molecule has 4 aliphatic rings. The number of benzene rings is 1. The summed E-state index contributed by atoms with van der Waals surface area (Å²) in [4.78, 5) is 14.4. The van der Waals surface area contributed by atoms with Crippen LogP contribution < -0.4 is 9.47 Å². The fraction of sp³-hybridized carbons (Fsp3) is 0.611. The van der Waals surface area contributed by atoms with Gasteiger partial charge in [-0.05, 0) is 50.3 Å². The Balaban J connectivity index is 2.02. The average Bonchev–Trinajstić information content (AvgIpc) is 2.97. The second-order valence-corrected chi connectivity index (χ2v) is 6.42. The first kappa shape index (κ1) is 8.34. The first-order valence-corrected chi connectivity index (χ1v) is 7.63. The van der Waals surface area contributed by atoms with E-state index < -0.39 is 29.8 Å². The molecule has 1 aromatic carbocycles. The van der Waals surface area contributed by atoms with Crippen LogP contribution in [0.2, 0.25) is 0 Å². The van der Waals surface area contributed by atoms with E-state index in [1.165, 1.54) is 12.0 Å². The van der Waals surface area contributed by atoms with Crippen molar-refractivity contribution in [3.8, 4) is 11.5 Å². The molecule has 2 bridgehead atoms. The van der Waals surface area contributed by atoms with Crippen LogP contribution in [0.15, 0.2) is 12.1 Å². The van der Waals surface area contributed by atoms with E-state index in [2.05, 4.69) is 0 Å². The van der Waals surface area contributed by atoms with Crippen molar-refractivity contribution in [3.63, 3.8) is 0 Å². The number of ether oxygens (including phenoxy) is 2. The zero-order valence-corrected chi connectivity index (χ0v) is 12.6. The van der Waals surface area contributed by atoms with Crippen molar-refractivity contribution in [1.82, 2.24) is 4.90 Å². The van der Waals surface area contributed by atoms with Gasteiger partial charge >= 0.3 is 0 Å². The molecule has 4 nitrogen and oxygen atoms in total. The lowest BCUT2D eigenvalue weighted by atomic mass is 9.52. The number of likely N-dealkylation sites (N-methyl/N-ethyl adjacent to an activating group) is 1. The van der Waals surface area contributed by atoms with Gasteiger partial charge in [-0.3, -0.25) is 4.79 Å². The number of Topliss-reactive ketones (excluding diaryl/α,β-unsaturated/α-hetero) is 1. The molecule has 1 saturated carbocycles. The second kappa shape index (κ2) is 4.05. The smallest absolute Gasteiger partial charge is 0.174 e. The highest BCUT2D eigenvalue weighted by Crippen LogP contribution is 2.62. The first-order chi connectivity index (χ1) is 13.0. The summed E-state index contributed by atoms with van der Waals surface area (Å²) < 4.78 is 64.8. The predicted octanol–water partition coefficient (Wildman–Crippen LogP) is 1.93. The van der Waals surface area contributed by atoms with Crippen molar-refractivity contribution in [2.45, 2.75) is 43.2 Å². The average molecular weight is 305 g/mol. The number of carbonyl (C=O) groups is 1. The van der Waals surface area contributed by atoms with E-state index >= 15 is 0 Å². The molecule has 116 valence electrons. The molecule has 0 amide bonds. The zero-order chi connectivity index (χ0) is 20.4. The number of methoxy groups -OCH3 is 1. The second-order valence-electron chi connectivity index (χ2n) is 6.42. The number of hydrogen-bond donors (Lipinski definition) is 0. The van der Waals surface area contributed by atoms with Crippen molar-refractivity contribution >= 4 is 5.78 Å². The summed E-state index contributed by atoms with van der Waals surface area (Å²) in [6.07, 6.45) is -2.99. The van der Waals surface area contributed by atoms with Crippen LogP contribution in [0.25, 0.3) is 0 Å². The molecular weight excluding hydrogens is 278 g/mol. The largest absolute Gasteiger partial charge is 0.493 e. The third kappa shape index (κ3) is 1.27. The maximum Gasteiger partial charge on any atom is 0.174 e. The van der Waals surface area contributed by atoms with Gasteiger partial charge in [0.1, 0.15) is 0 Å². The summed E-state index contributed by atoms with van der Waals surface area (Å²) in [5.41, 5.74) is -1.02. The Morgan fingerprint density at radius 3 is 3.27 bits per heavy atom. The lowest BCUT2D eigenvalue weighted by molar-refractivity contribution is -0.138. The minimum atomic E-state index is -2.41. The van der Waals surface area contributed by atoms with Crippen LogP contribution >= 0.6 is 0 Å². The number of carbonyl (C=O) groups excluding carboxylic acids is 1. The summed E-state index contributed by atoms with van der Waals surface area (Å²) in [5.74, 6) is -1.73. The van der Waals surface area contributed by atoms with Gasteiger partial charge in [0.25, 0.3) is 0 Å². The summed E-state index contributed by atoms with van der Waals surface area (Å²) in [7, 11) is 2.96. The molecule has 22 heavy (non-hydrogen) atoms. The fourth-order valence-electron chi connectivity index (χ4n) is 4.55. The normalized spacial score (nSPS) is 51.4. The highest BCUT2D eigenvalue weighted by Gasteiger charge is 2.65. The molecule has 1 unspecified atom stereocenters. The van der Waals surface area contributed by atoms with Gasteiger partial charge in [0.05, 0.1) is 9.85 Å². The van der Waals surface area contributed by atoms with E-state index in [4.69, 9.17) is 15.0 Å². The van der Waals surface area contributed by atoms with Crippen molar-refractivity contribution in [2.75, 3.05) is 20.7 Å². The quantitative estimate of drug-likeness (QED) is 0.795. The molecule has 2 fully saturated rings. The number of rotatable bonds is 1. The van der Waals surface area contributed by atoms with E-state index in [1.54, 1.807) is 7.05 Å². The van der Waals surface area contributed by atoms with Gasteiger partial charge < -0.3 is 14.4 Å². The molecule has 0 radical (unpaired) electrons. The van der Waals surface area contributed by atoms with E-state index in [9.17, 15) is 7.54 Å². The minimum Gasteiger partial charge on any atom is -0.493 e. The Labute approximate surface area is 138 Å². The molecule has 0 N–H and O–H groups in total. The highest BCUT2D eigenvalue weighted by molar-refractivity contribution is 5.89. The third-order valence-corrected chi connectivity index (χ3v) is 5.52. The molecule has 5 rings (SSSR count). The first-order valence-electron chi connectivity index (χ1n) is 10.6. The van der Waals surface area contributed by atoms with Crippen LogP contribution in [-0.2, 0) is 16.6 Å². The van der Waals surface area contributed by atoms with Crippen molar-refractivity contribution < 1.29 is 22.5 Å². The topological polar surface area (TPSA) is 38.8 Å². The summed E-state index contributed by atoms with van der Waals surface area (Å²) in [6, 6.07) is -2.72. The van der Waals surface area contributed by atoms with Gasteiger partial charge in [-0.15, -0.1) is 0 Å². The van der Waals surface area contributed by atoms with E-state index in [0.29, 0.717) is 18.5 Å². The van der Waals surface area contributed by atoms with Crippen LogP contribution in [0.1, 0.15) is 38.6 Å². The lowest BCUT2D eigenvalue weighted by Crippen LogP contribution is -2.65. The molecule has 1 spiro atoms. The van der Waals surface area contributed by atoms with Gasteiger partial charge in [-0.1, -0.05) is 6.04 Å². The monoisotopic (exact) mass is 305 g/mol. The Kier molecular flexibility index (Phi) is 1.53. The number of likely N-dealkylation sites (tertiary alicyclic amines) is 1. The number of ketones is 1. The number of piperidine rings is 1. The summed E-state index contributed by atoms with van der Waals surface area (Å²) in [5, 5.41) is 0. The SMILES string of the molecule is [2H]c1c([2H])c2c3c(c1OC)OC1C(=O)CC[C@]4([2H])[C@@]31CCN(C)[C@]4([2H])C2([2H])[2H]. The maximum atomic E-state index is 12.9. The van der Waals surface area contributed by atoms with E-state index in [0.717, 1.165) is 0 Å². The molecule has 2 heterocycles. The minimum absolute atomic E-state index is 0.00474. The van der Waals surface area contributed by atoms with Crippen molar-refractivity contribution in [2.24, 2.45) is 5.89 Å².